The number of benzene rings is 2. The SMILES string of the molecule is N#Cc1cc(Cl)ccc1OCCOc1ccc(Cl)cc1. The number of hydrogen-bond donors (Lipinski definition) is 0. The van der Waals surface area contributed by atoms with Crippen molar-refractivity contribution < 1.29 is 9.47 Å². The number of nitriles is 1. The number of ether oxygens (including phenoxy) is 2. The molecule has 0 saturated heterocycles. The Morgan fingerprint density at radius 1 is 0.900 bits per heavy atom. The molecule has 0 bridgehead atoms. The molecule has 0 aliphatic rings. The fourth-order valence-electron chi connectivity index (χ4n) is 1.56. The molecule has 0 amide bonds. The average Bonchev–Trinajstić information content (AvgIpc) is 2.46. The molecule has 0 aliphatic heterocycles. The first-order valence-corrected chi connectivity index (χ1v) is 6.65. The minimum absolute atomic E-state index is 0.332. The summed E-state index contributed by atoms with van der Waals surface area (Å²) in [6.45, 7) is 0.702. The number of halogens is 2. The highest BCUT2D eigenvalue weighted by molar-refractivity contribution is 6.30. The molecule has 0 radical (unpaired) electrons. The molecule has 0 heterocycles. The highest BCUT2D eigenvalue weighted by atomic mass is 35.5. The molecule has 0 unspecified atom stereocenters. The second kappa shape index (κ2) is 7.04. The van der Waals surface area contributed by atoms with Gasteiger partial charge in [0.25, 0.3) is 0 Å². The van der Waals surface area contributed by atoms with E-state index in [2.05, 4.69) is 0 Å². The van der Waals surface area contributed by atoms with Crippen molar-refractivity contribution in [1.29, 1.82) is 5.26 Å². The minimum Gasteiger partial charge on any atom is -0.490 e. The van der Waals surface area contributed by atoms with Gasteiger partial charge in [0, 0.05) is 10.0 Å². The Kier molecular flexibility index (Phi) is 5.11. The van der Waals surface area contributed by atoms with Crippen molar-refractivity contribution >= 4 is 23.2 Å². The van der Waals surface area contributed by atoms with Crippen LogP contribution in [0.4, 0.5) is 0 Å². The molecule has 3 nitrogen and oxygen atoms in total. The van der Waals surface area contributed by atoms with E-state index < -0.39 is 0 Å². The molecular formula is C15H11Cl2NO2. The van der Waals surface area contributed by atoms with E-state index in [9.17, 15) is 0 Å². The van der Waals surface area contributed by atoms with Gasteiger partial charge in [-0.25, -0.2) is 0 Å². The summed E-state index contributed by atoms with van der Waals surface area (Å²) < 4.78 is 11.0. The van der Waals surface area contributed by atoms with Crippen LogP contribution < -0.4 is 9.47 Å². The Bertz CT molecular complexity index is 621. The molecule has 0 aliphatic carbocycles. The second-order valence-corrected chi connectivity index (χ2v) is 4.78. The van der Waals surface area contributed by atoms with Gasteiger partial charge in [-0.1, -0.05) is 23.2 Å². The van der Waals surface area contributed by atoms with Crippen molar-refractivity contribution in [2.75, 3.05) is 13.2 Å². The van der Waals surface area contributed by atoms with Gasteiger partial charge in [-0.3, -0.25) is 0 Å². The molecule has 2 aromatic carbocycles. The van der Waals surface area contributed by atoms with Gasteiger partial charge in [0.1, 0.15) is 30.8 Å². The van der Waals surface area contributed by atoms with E-state index in [1.54, 1.807) is 42.5 Å². The van der Waals surface area contributed by atoms with E-state index in [0.29, 0.717) is 34.6 Å². The lowest BCUT2D eigenvalue weighted by Crippen LogP contribution is -2.09. The highest BCUT2D eigenvalue weighted by Gasteiger charge is 2.04. The predicted octanol–water partition coefficient (Wildman–Crippen LogP) is 4.32. The Morgan fingerprint density at radius 3 is 2.25 bits per heavy atom. The van der Waals surface area contributed by atoms with Crippen molar-refractivity contribution in [1.82, 2.24) is 0 Å². The van der Waals surface area contributed by atoms with E-state index in [4.69, 9.17) is 37.9 Å². The van der Waals surface area contributed by atoms with Crippen LogP contribution in [0.3, 0.4) is 0 Å². The van der Waals surface area contributed by atoms with Gasteiger partial charge in [-0.2, -0.15) is 5.26 Å². The molecule has 2 aromatic rings. The van der Waals surface area contributed by atoms with Crippen LogP contribution in [0.2, 0.25) is 10.0 Å². The predicted molar refractivity (Wildman–Crippen MR) is 78.6 cm³/mol. The summed E-state index contributed by atoms with van der Waals surface area (Å²) in [6, 6.07) is 14.0. The van der Waals surface area contributed by atoms with Gasteiger partial charge in [0.15, 0.2) is 0 Å². The van der Waals surface area contributed by atoms with Crippen LogP contribution >= 0.6 is 23.2 Å². The minimum atomic E-state index is 0.332. The lowest BCUT2D eigenvalue weighted by atomic mass is 10.2. The van der Waals surface area contributed by atoms with E-state index >= 15 is 0 Å². The van der Waals surface area contributed by atoms with Gasteiger partial charge in [-0.15, -0.1) is 0 Å². The first kappa shape index (κ1) is 14.5. The topological polar surface area (TPSA) is 42.2 Å². The maximum atomic E-state index is 8.97. The zero-order valence-corrected chi connectivity index (χ0v) is 12.0. The summed E-state index contributed by atoms with van der Waals surface area (Å²) in [5.41, 5.74) is 0.406. The van der Waals surface area contributed by atoms with Crippen LogP contribution in [-0.4, -0.2) is 13.2 Å². The summed E-state index contributed by atoms with van der Waals surface area (Å²) in [5.74, 6) is 1.21. The van der Waals surface area contributed by atoms with Gasteiger partial charge in [0.05, 0.1) is 5.56 Å². The van der Waals surface area contributed by atoms with Crippen molar-refractivity contribution in [3.8, 4) is 17.6 Å². The van der Waals surface area contributed by atoms with Gasteiger partial charge < -0.3 is 9.47 Å². The molecule has 0 aromatic heterocycles. The molecule has 2 rings (SSSR count). The highest BCUT2D eigenvalue weighted by Crippen LogP contribution is 2.22. The van der Waals surface area contributed by atoms with Crippen LogP contribution in [0.1, 0.15) is 5.56 Å². The summed E-state index contributed by atoms with van der Waals surface area (Å²) in [7, 11) is 0. The van der Waals surface area contributed by atoms with Crippen LogP contribution in [0, 0.1) is 11.3 Å². The lowest BCUT2D eigenvalue weighted by Gasteiger charge is -2.09. The molecule has 0 N–H and O–H groups in total. The number of hydrogen-bond acceptors (Lipinski definition) is 3. The maximum absolute atomic E-state index is 8.97. The Balaban J connectivity index is 1.84. The van der Waals surface area contributed by atoms with Crippen molar-refractivity contribution in [3.63, 3.8) is 0 Å². The average molecular weight is 308 g/mol. The van der Waals surface area contributed by atoms with Crippen LogP contribution in [0.5, 0.6) is 11.5 Å². The Hall–Kier alpha value is -1.89. The van der Waals surface area contributed by atoms with Crippen molar-refractivity contribution in [2.24, 2.45) is 0 Å². The molecule has 0 spiro atoms. The molecule has 0 saturated carbocycles. The zero-order valence-electron chi connectivity index (χ0n) is 10.5. The largest absolute Gasteiger partial charge is 0.490 e. The van der Waals surface area contributed by atoms with Crippen LogP contribution in [0.15, 0.2) is 42.5 Å². The quantitative estimate of drug-likeness (QED) is 0.772. The van der Waals surface area contributed by atoms with Gasteiger partial charge >= 0.3 is 0 Å². The van der Waals surface area contributed by atoms with Crippen LogP contribution in [0.25, 0.3) is 0 Å². The third-order valence-corrected chi connectivity index (χ3v) is 2.97. The number of nitrogens with zero attached hydrogens (tertiary/aromatic N) is 1. The van der Waals surface area contributed by atoms with E-state index in [1.165, 1.54) is 0 Å². The first-order chi connectivity index (χ1) is 9.69. The van der Waals surface area contributed by atoms with E-state index in [1.807, 2.05) is 6.07 Å². The smallest absolute Gasteiger partial charge is 0.137 e. The second-order valence-electron chi connectivity index (χ2n) is 3.90. The third-order valence-electron chi connectivity index (χ3n) is 2.49. The molecule has 0 fully saturated rings. The molecule has 0 atom stereocenters. The van der Waals surface area contributed by atoms with Crippen molar-refractivity contribution in [3.05, 3.63) is 58.1 Å². The fourth-order valence-corrected chi connectivity index (χ4v) is 1.86. The normalized spacial score (nSPS) is 9.85. The Labute approximate surface area is 127 Å². The Morgan fingerprint density at radius 2 is 1.55 bits per heavy atom. The van der Waals surface area contributed by atoms with E-state index in [-0.39, 0.29) is 0 Å². The molecule has 20 heavy (non-hydrogen) atoms. The molecule has 102 valence electrons. The van der Waals surface area contributed by atoms with Gasteiger partial charge in [-0.05, 0) is 42.5 Å². The zero-order chi connectivity index (χ0) is 14.4. The first-order valence-electron chi connectivity index (χ1n) is 5.90. The third kappa shape index (κ3) is 4.06. The molecule has 5 heteroatoms. The fraction of sp³-hybridized carbons (Fsp3) is 0.133. The lowest BCUT2D eigenvalue weighted by molar-refractivity contribution is 0.217. The summed E-state index contributed by atoms with van der Waals surface area (Å²) >= 11 is 11.6. The van der Waals surface area contributed by atoms with E-state index in [0.717, 1.165) is 5.75 Å². The summed E-state index contributed by atoms with van der Waals surface area (Å²) in [5, 5.41) is 10.1. The van der Waals surface area contributed by atoms with Gasteiger partial charge in [0.2, 0.25) is 0 Å². The number of rotatable bonds is 5. The summed E-state index contributed by atoms with van der Waals surface area (Å²) in [6.07, 6.45) is 0. The monoisotopic (exact) mass is 307 g/mol. The standard InChI is InChI=1S/C15H11Cl2NO2/c16-12-1-4-14(5-2-12)19-7-8-20-15-6-3-13(17)9-11(15)10-18/h1-6,9H,7-8H2. The maximum Gasteiger partial charge on any atom is 0.137 e. The summed E-state index contributed by atoms with van der Waals surface area (Å²) in [4.78, 5) is 0. The molecular weight excluding hydrogens is 297 g/mol. The van der Waals surface area contributed by atoms with Crippen LogP contribution in [-0.2, 0) is 0 Å². The van der Waals surface area contributed by atoms with Crippen molar-refractivity contribution in [2.45, 2.75) is 0 Å².